The predicted molar refractivity (Wildman–Crippen MR) is 74.1 cm³/mol. The second kappa shape index (κ2) is 7.02. The predicted octanol–water partition coefficient (Wildman–Crippen LogP) is -1.32. The van der Waals surface area contributed by atoms with Gasteiger partial charge in [0.1, 0.15) is 24.4 Å². The molecule has 0 unspecified atom stereocenters. The standard InChI is InChI=1S/C12H14N2O10/c15-4-7-9(16)10(17)11(18)12(24-7)23-6-3-1-2-5(13(19)20)8(6)14(21)22/h1-3,7,9-12,15-18H,4H2/t7-,9+,10+,11-,12-/m1/s1. The van der Waals surface area contributed by atoms with Gasteiger partial charge in [0, 0.05) is 6.07 Å². The van der Waals surface area contributed by atoms with Gasteiger partial charge in [0.25, 0.3) is 0 Å². The lowest BCUT2D eigenvalue weighted by atomic mass is 9.99. The SMILES string of the molecule is O=[N+]([O-])c1cccc(O[C@@H]2O[C@H](CO)[C@H](O)[C@H](O)[C@H]2O)c1[N+](=O)[O-]. The Labute approximate surface area is 133 Å². The molecular weight excluding hydrogens is 332 g/mol. The molecule has 0 radical (unpaired) electrons. The van der Waals surface area contributed by atoms with Crippen LogP contribution in [0.1, 0.15) is 0 Å². The van der Waals surface area contributed by atoms with Crippen molar-refractivity contribution >= 4 is 11.4 Å². The molecule has 2 rings (SSSR count). The molecule has 1 aromatic rings. The molecule has 1 heterocycles. The van der Waals surface area contributed by atoms with Crippen LogP contribution in [-0.4, -0.2) is 67.6 Å². The van der Waals surface area contributed by atoms with E-state index < -0.39 is 64.3 Å². The van der Waals surface area contributed by atoms with E-state index in [0.717, 1.165) is 18.2 Å². The summed E-state index contributed by atoms with van der Waals surface area (Å²) in [5, 5.41) is 60.2. The first-order valence-electron chi connectivity index (χ1n) is 6.67. The molecule has 132 valence electrons. The number of rotatable bonds is 5. The summed E-state index contributed by atoms with van der Waals surface area (Å²) >= 11 is 0. The summed E-state index contributed by atoms with van der Waals surface area (Å²) in [5.41, 5.74) is -1.79. The van der Waals surface area contributed by atoms with Gasteiger partial charge in [-0.25, -0.2) is 0 Å². The van der Waals surface area contributed by atoms with E-state index in [9.17, 15) is 35.5 Å². The average molecular weight is 346 g/mol. The smallest absolute Gasteiger partial charge is 0.387 e. The normalized spacial score (nSPS) is 29.9. The Kier molecular flexibility index (Phi) is 5.26. The first-order chi connectivity index (χ1) is 11.3. The van der Waals surface area contributed by atoms with Crippen molar-refractivity contribution in [2.24, 2.45) is 0 Å². The number of para-hydroxylation sites is 1. The monoisotopic (exact) mass is 346 g/mol. The van der Waals surface area contributed by atoms with E-state index >= 15 is 0 Å². The van der Waals surface area contributed by atoms with Gasteiger partial charge in [0.05, 0.1) is 16.5 Å². The minimum atomic E-state index is -1.80. The Balaban J connectivity index is 2.35. The molecule has 1 aliphatic rings. The number of hydrogen-bond acceptors (Lipinski definition) is 10. The highest BCUT2D eigenvalue weighted by atomic mass is 16.7. The van der Waals surface area contributed by atoms with Crippen LogP contribution in [0.5, 0.6) is 5.75 Å². The molecule has 0 amide bonds. The molecule has 1 aromatic carbocycles. The molecule has 12 heteroatoms. The molecule has 12 nitrogen and oxygen atoms in total. The zero-order chi connectivity index (χ0) is 18.0. The van der Waals surface area contributed by atoms with Crippen LogP contribution in [0, 0.1) is 20.2 Å². The molecule has 1 saturated heterocycles. The fourth-order valence-corrected chi connectivity index (χ4v) is 2.23. The molecule has 1 fully saturated rings. The highest BCUT2D eigenvalue weighted by Gasteiger charge is 2.45. The number of aliphatic hydroxyl groups excluding tert-OH is 4. The Hall–Kier alpha value is -2.38. The third-order valence-electron chi connectivity index (χ3n) is 3.45. The van der Waals surface area contributed by atoms with Gasteiger partial charge in [0.2, 0.25) is 12.0 Å². The molecule has 4 N–H and O–H groups in total. The summed E-state index contributed by atoms with van der Waals surface area (Å²) in [7, 11) is 0. The second-order valence-electron chi connectivity index (χ2n) is 4.95. The van der Waals surface area contributed by atoms with Crippen molar-refractivity contribution in [3.63, 3.8) is 0 Å². The van der Waals surface area contributed by atoms with E-state index in [1.807, 2.05) is 0 Å². The van der Waals surface area contributed by atoms with Gasteiger partial charge in [-0.2, -0.15) is 0 Å². The summed E-state index contributed by atoms with van der Waals surface area (Å²) in [6.45, 7) is -0.720. The van der Waals surface area contributed by atoms with Crippen LogP contribution in [0.3, 0.4) is 0 Å². The maximum absolute atomic E-state index is 11.1. The van der Waals surface area contributed by atoms with Crippen LogP contribution in [0.4, 0.5) is 11.4 Å². The fraction of sp³-hybridized carbons (Fsp3) is 0.500. The van der Waals surface area contributed by atoms with Gasteiger partial charge in [-0.3, -0.25) is 20.2 Å². The number of nitro groups is 2. The molecule has 0 saturated carbocycles. The van der Waals surface area contributed by atoms with Crippen LogP contribution < -0.4 is 4.74 Å². The van der Waals surface area contributed by atoms with Crippen molar-refractivity contribution in [2.45, 2.75) is 30.7 Å². The highest BCUT2D eigenvalue weighted by molar-refractivity contribution is 5.61. The van der Waals surface area contributed by atoms with Gasteiger partial charge in [-0.05, 0) is 6.07 Å². The lowest BCUT2D eigenvalue weighted by Crippen LogP contribution is -2.60. The van der Waals surface area contributed by atoms with Crippen LogP contribution in [-0.2, 0) is 4.74 Å². The number of nitrogens with zero attached hydrogens (tertiary/aromatic N) is 2. The summed E-state index contributed by atoms with van der Waals surface area (Å²) in [4.78, 5) is 20.0. The average Bonchev–Trinajstić information content (AvgIpc) is 2.54. The molecule has 0 aromatic heterocycles. The lowest BCUT2D eigenvalue weighted by molar-refractivity contribution is -0.423. The maximum Gasteiger partial charge on any atom is 0.387 e. The van der Waals surface area contributed by atoms with Crippen molar-refractivity contribution in [1.29, 1.82) is 0 Å². The second-order valence-corrected chi connectivity index (χ2v) is 4.95. The van der Waals surface area contributed by atoms with E-state index in [1.165, 1.54) is 0 Å². The zero-order valence-electron chi connectivity index (χ0n) is 12.0. The minimum absolute atomic E-state index is 0.571. The van der Waals surface area contributed by atoms with Crippen molar-refractivity contribution < 1.29 is 39.7 Å². The molecule has 0 aliphatic carbocycles. The Morgan fingerprint density at radius 1 is 1.08 bits per heavy atom. The zero-order valence-corrected chi connectivity index (χ0v) is 12.0. The van der Waals surface area contributed by atoms with Crippen molar-refractivity contribution in [3.05, 3.63) is 38.4 Å². The van der Waals surface area contributed by atoms with E-state index in [2.05, 4.69) is 0 Å². The molecule has 0 spiro atoms. The highest BCUT2D eigenvalue weighted by Crippen LogP contribution is 2.37. The first kappa shape index (κ1) is 18.0. The lowest BCUT2D eigenvalue weighted by Gasteiger charge is -2.39. The van der Waals surface area contributed by atoms with Crippen LogP contribution in [0.15, 0.2) is 18.2 Å². The van der Waals surface area contributed by atoms with Gasteiger partial charge < -0.3 is 29.9 Å². The number of aliphatic hydroxyl groups is 4. The van der Waals surface area contributed by atoms with E-state index in [-0.39, 0.29) is 0 Å². The maximum atomic E-state index is 11.1. The van der Waals surface area contributed by atoms with E-state index in [4.69, 9.17) is 14.6 Å². The van der Waals surface area contributed by atoms with Crippen LogP contribution in [0.2, 0.25) is 0 Å². The summed E-state index contributed by atoms with van der Waals surface area (Å²) in [6.07, 6.45) is -8.17. The largest absolute Gasteiger partial charge is 0.454 e. The van der Waals surface area contributed by atoms with Crippen LogP contribution >= 0.6 is 0 Å². The quantitative estimate of drug-likeness (QED) is 0.368. The van der Waals surface area contributed by atoms with Crippen molar-refractivity contribution in [1.82, 2.24) is 0 Å². The molecule has 1 aliphatic heterocycles. The number of hydrogen-bond donors (Lipinski definition) is 4. The molecule has 5 atom stereocenters. The summed E-state index contributed by atoms with van der Waals surface area (Å²) < 4.78 is 10.1. The van der Waals surface area contributed by atoms with Gasteiger partial charge in [-0.15, -0.1) is 0 Å². The third kappa shape index (κ3) is 3.27. The third-order valence-corrected chi connectivity index (χ3v) is 3.45. The number of nitro benzene ring substituents is 2. The summed E-state index contributed by atoms with van der Waals surface area (Å²) in [6, 6.07) is 3.08. The minimum Gasteiger partial charge on any atom is -0.454 e. The van der Waals surface area contributed by atoms with Crippen molar-refractivity contribution in [3.8, 4) is 5.75 Å². The molecular formula is C12H14N2O10. The van der Waals surface area contributed by atoms with Gasteiger partial charge >= 0.3 is 11.4 Å². The van der Waals surface area contributed by atoms with E-state index in [0.29, 0.717) is 0 Å². The Morgan fingerprint density at radius 2 is 1.75 bits per heavy atom. The first-order valence-corrected chi connectivity index (χ1v) is 6.67. The Morgan fingerprint density at radius 3 is 2.29 bits per heavy atom. The summed E-state index contributed by atoms with van der Waals surface area (Å²) in [5.74, 6) is -0.571. The molecule has 0 bridgehead atoms. The van der Waals surface area contributed by atoms with Gasteiger partial charge in [0.15, 0.2) is 0 Å². The molecule has 24 heavy (non-hydrogen) atoms. The topological polar surface area (TPSA) is 186 Å². The number of ether oxygens (including phenoxy) is 2. The fourth-order valence-electron chi connectivity index (χ4n) is 2.23. The number of benzene rings is 1. The van der Waals surface area contributed by atoms with Crippen LogP contribution in [0.25, 0.3) is 0 Å². The Bertz CT molecular complexity index is 636. The van der Waals surface area contributed by atoms with Crippen molar-refractivity contribution in [2.75, 3.05) is 6.61 Å². The van der Waals surface area contributed by atoms with Gasteiger partial charge in [-0.1, -0.05) is 6.07 Å². The van der Waals surface area contributed by atoms with E-state index in [1.54, 1.807) is 0 Å².